The van der Waals surface area contributed by atoms with Crippen LogP contribution in [0.1, 0.15) is 15.9 Å². The van der Waals surface area contributed by atoms with Crippen LogP contribution in [-0.4, -0.2) is 32.4 Å². The molecule has 2 N–H and O–H groups in total. The maximum atomic E-state index is 10.4. The fourth-order valence-corrected chi connectivity index (χ4v) is 3.98. The molecular formula is C8H7IN2OPb. The van der Waals surface area contributed by atoms with Gasteiger partial charge in [-0.1, -0.05) is 0 Å². The van der Waals surface area contributed by atoms with Gasteiger partial charge in [0.25, 0.3) is 0 Å². The molecule has 0 saturated carbocycles. The van der Waals surface area contributed by atoms with Crippen LogP contribution in [0.5, 0.6) is 0 Å². The molecule has 0 aliphatic rings. The average Bonchev–Trinajstić information content (AvgIpc) is 2.18. The Bertz CT molecular complexity index is 323. The molecule has 2 radical (unpaired) electrons. The van der Waals surface area contributed by atoms with E-state index in [9.17, 15) is 4.79 Å². The maximum absolute atomic E-state index is 10.4. The van der Waals surface area contributed by atoms with Crippen LogP contribution in [-0.2, 0) is 0 Å². The Kier molecular flexibility index (Phi) is 4.85. The van der Waals surface area contributed by atoms with Crippen molar-refractivity contribution in [3.8, 4) is 0 Å². The Morgan fingerprint density at radius 1 is 1.46 bits per heavy atom. The molecule has 0 bridgehead atoms. The predicted molar refractivity (Wildman–Crippen MR) is 62.3 cm³/mol. The molecular weight excluding hydrogens is 474 g/mol. The third kappa shape index (κ3) is 3.33. The van der Waals surface area contributed by atoms with Crippen molar-refractivity contribution in [2.75, 3.05) is 0 Å². The molecule has 13 heavy (non-hydrogen) atoms. The number of halogens is 1. The van der Waals surface area contributed by atoms with Crippen LogP contribution in [0.4, 0.5) is 0 Å². The molecule has 1 aromatic carbocycles. The van der Waals surface area contributed by atoms with Gasteiger partial charge in [-0.25, -0.2) is 0 Å². The average molecular weight is 481 g/mol. The number of hydrogen-bond acceptors (Lipinski definition) is 2. The number of nitrogens with two attached hydrogens (primary N) is 1. The van der Waals surface area contributed by atoms with E-state index in [4.69, 9.17) is 5.73 Å². The Morgan fingerprint density at radius 2 is 2.08 bits per heavy atom. The van der Waals surface area contributed by atoms with Gasteiger partial charge < -0.3 is 0 Å². The van der Waals surface area contributed by atoms with Crippen molar-refractivity contribution in [1.29, 1.82) is 0 Å². The van der Waals surface area contributed by atoms with Crippen molar-refractivity contribution in [3.05, 3.63) is 35.4 Å². The summed E-state index contributed by atoms with van der Waals surface area (Å²) in [5.74, 6) is 0.593. The van der Waals surface area contributed by atoms with E-state index >= 15 is 0 Å². The molecule has 0 fully saturated rings. The van der Waals surface area contributed by atoms with Crippen molar-refractivity contribution in [2.24, 2.45) is 8.54 Å². The van der Waals surface area contributed by atoms with Gasteiger partial charge in [-0.3, -0.25) is 0 Å². The summed E-state index contributed by atoms with van der Waals surface area (Å²) in [7, 11) is 0. The fraction of sp³-hybridized carbons (Fsp3) is 0. The topological polar surface area (TPSA) is 55.4 Å². The Balaban J connectivity index is 2.91. The Morgan fingerprint density at radius 3 is 2.54 bits per heavy atom. The second kappa shape index (κ2) is 5.68. The molecule has 66 valence electrons. The number of hydrogen-bond donors (Lipinski definition) is 1. The van der Waals surface area contributed by atoms with Crippen molar-refractivity contribution < 1.29 is 4.79 Å². The van der Waals surface area contributed by atoms with E-state index in [0.717, 1.165) is 11.8 Å². The second-order valence-electron chi connectivity index (χ2n) is 2.32. The molecule has 0 atom stereocenters. The van der Waals surface area contributed by atoms with E-state index in [2.05, 4.69) is 20.6 Å². The van der Waals surface area contributed by atoms with Crippen LogP contribution in [0.2, 0.25) is 0 Å². The number of carbonyl (C=O) groups excluding carboxylic acids is 1. The summed E-state index contributed by atoms with van der Waals surface area (Å²) < 4.78 is 4.24. The summed E-state index contributed by atoms with van der Waals surface area (Å²) in [5.41, 5.74) is 7.26. The number of rotatable bonds is 3. The van der Waals surface area contributed by atoms with Crippen molar-refractivity contribution >= 4 is 50.1 Å². The number of benzene rings is 1. The summed E-state index contributed by atoms with van der Waals surface area (Å²) >= 11 is 1.46. The molecule has 0 aromatic heterocycles. The SMILES string of the molecule is N/C(=[N]\[Pb][I])c1ccc(C=O)cc1. The van der Waals surface area contributed by atoms with Crippen LogP contribution in [0, 0.1) is 0 Å². The first-order chi connectivity index (χ1) is 6.27. The van der Waals surface area contributed by atoms with E-state index in [1.165, 1.54) is 0 Å². The van der Waals surface area contributed by atoms with E-state index in [1.807, 2.05) is 12.1 Å². The van der Waals surface area contributed by atoms with Gasteiger partial charge in [0, 0.05) is 0 Å². The molecule has 0 spiro atoms. The van der Waals surface area contributed by atoms with Crippen LogP contribution in [0.15, 0.2) is 27.1 Å². The van der Waals surface area contributed by atoms with E-state index in [0.29, 0.717) is 11.4 Å². The van der Waals surface area contributed by atoms with E-state index in [-0.39, 0.29) is 0 Å². The van der Waals surface area contributed by atoms with Crippen molar-refractivity contribution in [3.63, 3.8) is 0 Å². The van der Waals surface area contributed by atoms with Crippen molar-refractivity contribution in [1.82, 2.24) is 0 Å². The number of carbonyl (C=O) groups is 1. The standard InChI is InChI=1S/C8H7N2O.HI.Pb/c9-8(10)7-3-1-6(5-11)2-4-7;;/h1-5H,(H2-,9,10);1H;/q-1;;+2/p-1. The summed E-state index contributed by atoms with van der Waals surface area (Å²) in [6.07, 6.45) is 0.813. The normalized spacial score (nSPS) is 11.3. The van der Waals surface area contributed by atoms with Gasteiger partial charge in [-0.05, 0) is 0 Å². The molecule has 3 nitrogen and oxygen atoms in total. The molecule has 0 aliphatic carbocycles. The zero-order valence-corrected chi connectivity index (χ0v) is 12.7. The Labute approximate surface area is 97.9 Å². The molecule has 0 amide bonds. The predicted octanol–water partition coefficient (Wildman–Crippen LogP) is 1.17. The molecule has 0 heterocycles. The first kappa shape index (κ1) is 11.1. The van der Waals surface area contributed by atoms with Gasteiger partial charge >= 0.3 is 98.8 Å². The minimum absolute atomic E-state index is 0.593. The molecule has 0 unspecified atom stereocenters. The quantitative estimate of drug-likeness (QED) is 0.232. The van der Waals surface area contributed by atoms with Gasteiger partial charge in [0.2, 0.25) is 0 Å². The summed E-state index contributed by atoms with van der Waals surface area (Å²) in [5, 5.41) is 0. The van der Waals surface area contributed by atoms with Gasteiger partial charge in [0.15, 0.2) is 0 Å². The van der Waals surface area contributed by atoms with Crippen LogP contribution in [0.3, 0.4) is 0 Å². The number of amidine groups is 1. The third-order valence-corrected chi connectivity index (χ3v) is 4.89. The number of nitrogens with zero attached hydrogens (tertiary/aromatic N) is 1. The van der Waals surface area contributed by atoms with Gasteiger partial charge in [0.05, 0.1) is 0 Å². The zero-order chi connectivity index (χ0) is 9.68. The van der Waals surface area contributed by atoms with E-state index < -0.39 is 20.2 Å². The van der Waals surface area contributed by atoms with Crippen LogP contribution in [0.25, 0.3) is 0 Å². The first-order valence-corrected chi connectivity index (χ1v) is 16.2. The van der Waals surface area contributed by atoms with Gasteiger partial charge in [0.1, 0.15) is 0 Å². The molecule has 5 heteroatoms. The third-order valence-electron chi connectivity index (χ3n) is 1.51. The molecule has 1 rings (SSSR count). The van der Waals surface area contributed by atoms with Crippen molar-refractivity contribution in [2.45, 2.75) is 0 Å². The molecule has 0 saturated heterocycles. The Hall–Kier alpha value is 0.0121. The zero-order valence-electron chi connectivity index (χ0n) is 6.70. The van der Waals surface area contributed by atoms with Crippen LogP contribution < -0.4 is 5.73 Å². The minimum atomic E-state index is -0.855. The summed E-state index contributed by atoms with van der Waals surface area (Å²) in [6, 6.07) is 7.12. The second-order valence-corrected chi connectivity index (χ2v) is 8.08. The fourth-order valence-electron chi connectivity index (χ4n) is 0.843. The van der Waals surface area contributed by atoms with Crippen LogP contribution >= 0.6 is 17.8 Å². The summed E-state index contributed by atoms with van der Waals surface area (Å²) in [4.78, 5) is 10.4. The monoisotopic (exact) mass is 482 g/mol. The number of aldehydes is 1. The van der Waals surface area contributed by atoms with E-state index in [1.54, 1.807) is 12.1 Å². The summed E-state index contributed by atoms with van der Waals surface area (Å²) in [6.45, 7) is 0. The molecule has 0 aliphatic heterocycles. The first-order valence-electron chi connectivity index (χ1n) is 3.52. The molecule has 1 aromatic rings. The van der Waals surface area contributed by atoms with Gasteiger partial charge in [-0.2, -0.15) is 0 Å². The van der Waals surface area contributed by atoms with Gasteiger partial charge in [-0.15, -0.1) is 0 Å².